The Bertz CT molecular complexity index is 319. The van der Waals surface area contributed by atoms with Gasteiger partial charge < -0.3 is 9.96 Å². The third-order valence-corrected chi connectivity index (χ3v) is 4.97. The van der Waals surface area contributed by atoms with E-state index in [0.717, 1.165) is 0 Å². The SMILES string of the molecule is CC(C)(C)N[Si](NC(C)(C)C)c1ccccc1. The highest BCUT2D eigenvalue weighted by atomic mass is 28.3. The maximum Gasteiger partial charge on any atom is 0.261 e. The van der Waals surface area contributed by atoms with Crippen LogP contribution < -0.4 is 15.2 Å². The lowest BCUT2D eigenvalue weighted by Gasteiger charge is -2.32. The van der Waals surface area contributed by atoms with Crippen LogP contribution in [0.25, 0.3) is 0 Å². The molecule has 1 aromatic rings. The number of hydrogen-bond donors (Lipinski definition) is 2. The van der Waals surface area contributed by atoms with Crippen LogP contribution in [-0.4, -0.2) is 20.2 Å². The predicted molar refractivity (Wildman–Crippen MR) is 77.6 cm³/mol. The van der Waals surface area contributed by atoms with Crippen molar-refractivity contribution in [3.63, 3.8) is 0 Å². The molecule has 0 aromatic heterocycles. The Labute approximate surface area is 108 Å². The summed E-state index contributed by atoms with van der Waals surface area (Å²) >= 11 is 0. The highest BCUT2D eigenvalue weighted by Crippen LogP contribution is 2.03. The summed E-state index contributed by atoms with van der Waals surface area (Å²) in [5.74, 6) is 0. The van der Waals surface area contributed by atoms with Gasteiger partial charge in [-0.3, -0.25) is 0 Å². The van der Waals surface area contributed by atoms with Gasteiger partial charge in [-0.1, -0.05) is 30.3 Å². The van der Waals surface area contributed by atoms with Crippen molar-refractivity contribution in [2.24, 2.45) is 0 Å². The Balaban J connectivity index is 2.87. The topological polar surface area (TPSA) is 24.1 Å². The van der Waals surface area contributed by atoms with Crippen molar-refractivity contribution in [2.75, 3.05) is 0 Å². The Morgan fingerprint density at radius 3 is 1.53 bits per heavy atom. The summed E-state index contributed by atoms with van der Waals surface area (Å²) < 4.78 is 0. The lowest BCUT2D eigenvalue weighted by molar-refractivity contribution is 0.479. The lowest BCUT2D eigenvalue weighted by atomic mass is 10.1. The maximum absolute atomic E-state index is 3.72. The van der Waals surface area contributed by atoms with E-state index in [1.807, 2.05) is 0 Å². The largest absolute Gasteiger partial charge is 0.317 e. The Morgan fingerprint density at radius 2 is 1.18 bits per heavy atom. The molecule has 0 heterocycles. The van der Waals surface area contributed by atoms with Crippen LogP contribution >= 0.6 is 0 Å². The summed E-state index contributed by atoms with van der Waals surface area (Å²) in [6.07, 6.45) is 0. The minimum absolute atomic E-state index is 0.127. The average Bonchev–Trinajstić information content (AvgIpc) is 2.14. The van der Waals surface area contributed by atoms with E-state index in [9.17, 15) is 0 Å². The van der Waals surface area contributed by atoms with Gasteiger partial charge in [0.15, 0.2) is 0 Å². The molecule has 0 aliphatic rings. The molecule has 0 aliphatic heterocycles. The average molecular weight is 249 g/mol. The zero-order chi connectivity index (χ0) is 13.1. The molecule has 3 heteroatoms. The van der Waals surface area contributed by atoms with Crippen molar-refractivity contribution >= 4 is 14.3 Å². The quantitative estimate of drug-likeness (QED) is 0.802. The van der Waals surface area contributed by atoms with Gasteiger partial charge in [-0.05, 0) is 46.7 Å². The van der Waals surface area contributed by atoms with E-state index in [2.05, 4.69) is 81.8 Å². The first-order chi connectivity index (χ1) is 7.67. The zero-order valence-corrected chi connectivity index (χ0v) is 12.9. The van der Waals surface area contributed by atoms with E-state index in [1.165, 1.54) is 5.19 Å². The number of rotatable bonds is 3. The van der Waals surface area contributed by atoms with E-state index < -0.39 is 9.12 Å². The molecular formula is C14H25N2Si. The van der Waals surface area contributed by atoms with Crippen molar-refractivity contribution in [1.82, 2.24) is 9.96 Å². The molecule has 2 nitrogen and oxygen atoms in total. The molecule has 0 saturated heterocycles. The second-order valence-electron chi connectivity index (χ2n) is 6.49. The van der Waals surface area contributed by atoms with E-state index in [1.54, 1.807) is 0 Å². The van der Waals surface area contributed by atoms with Gasteiger partial charge in [0.1, 0.15) is 0 Å². The third-order valence-electron chi connectivity index (χ3n) is 2.06. The van der Waals surface area contributed by atoms with Crippen LogP contribution in [0, 0.1) is 0 Å². The minimum atomic E-state index is -0.937. The molecule has 1 aromatic carbocycles. The molecule has 1 rings (SSSR count). The Hall–Kier alpha value is -0.643. The van der Waals surface area contributed by atoms with Crippen LogP contribution in [0.2, 0.25) is 0 Å². The van der Waals surface area contributed by atoms with Crippen molar-refractivity contribution in [3.05, 3.63) is 30.3 Å². The summed E-state index contributed by atoms with van der Waals surface area (Å²) in [7, 11) is -0.937. The van der Waals surface area contributed by atoms with Crippen LogP contribution in [0.1, 0.15) is 41.5 Å². The number of nitrogens with one attached hydrogen (secondary N) is 2. The van der Waals surface area contributed by atoms with Crippen LogP contribution in [0.3, 0.4) is 0 Å². The fraction of sp³-hybridized carbons (Fsp3) is 0.571. The molecule has 0 atom stereocenters. The molecule has 0 unspecified atom stereocenters. The van der Waals surface area contributed by atoms with E-state index >= 15 is 0 Å². The van der Waals surface area contributed by atoms with Crippen molar-refractivity contribution in [3.8, 4) is 0 Å². The summed E-state index contributed by atoms with van der Waals surface area (Å²) in [5.41, 5.74) is 0.255. The van der Waals surface area contributed by atoms with E-state index in [4.69, 9.17) is 0 Å². The van der Waals surface area contributed by atoms with Gasteiger partial charge in [0.2, 0.25) is 0 Å². The summed E-state index contributed by atoms with van der Waals surface area (Å²) in [6.45, 7) is 13.3. The fourth-order valence-electron chi connectivity index (χ4n) is 1.53. The van der Waals surface area contributed by atoms with Crippen LogP contribution in [0.5, 0.6) is 0 Å². The summed E-state index contributed by atoms with van der Waals surface area (Å²) in [4.78, 5) is 7.44. The van der Waals surface area contributed by atoms with Crippen molar-refractivity contribution < 1.29 is 0 Å². The molecule has 0 aliphatic carbocycles. The first-order valence-electron chi connectivity index (χ1n) is 6.16. The molecule has 17 heavy (non-hydrogen) atoms. The molecular weight excluding hydrogens is 224 g/mol. The van der Waals surface area contributed by atoms with Gasteiger partial charge >= 0.3 is 0 Å². The van der Waals surface area contributed by atoms with Gasteiger partial charge in [-0.15, -0.1) is 0 Å². The lowest BCUT2D eigenvalue weighted by Crippen LogP contribution is -2.65. The minimum Gasteiger partial charge on any atom is -0.317 e. The summed E-state index contributed by atoms with van der Waals surface area (Å²) in [5, 5.41) is 1.38. The normalized spacial score (nSPS) is 13.1. The van der Waals surface area contributed by atoms with Crippen molar-refractivity contribution in [1.29, 1.82) is 0 Å². The number of hydrogen-bond acceptors (Lipinski definition) is 2. The van der Waals surface area contributed by atoms with Gasteiger partial charge in [-0.25, -0.2) is 0 Å². The number of benzene rings is 1. The monoisotopic (exact) mass is 249 g/mol. The molecule has 0 saturated carbocycles. The molecule has 0 spiro atoms. The van der Waals surface area contributed by atoms with Crippen LogP contribution in [0.4, 0.5) is 0 Å². The first kappa shape index (κ1) is 14.4. The predicted octanol–water partition coefficient (Wildman–Crippen LogP) is 2.16. The zero-order valence-electron chi connectivity index (χ0n) is 11.9. The molecule has 95 valence electrons. The van der Waals surface area contributed by atoms with Gasteiger partial charge in [0.25, 0.3) is 9.12 Å². The van der Waals surface area contributed by atoms with Crippen molar-refractivity contribution in [2.45, 2.75) is 52.6 Å². The molecule has 2 N–H and O–H groups in total. The second kappa shape index (κ2) is 5.34. The molecule has 0 amide bonds. The highest BCUT2D eigenvalue weighted by molar-refractivity contribution is 6.68. The maximum atomic E-state index is 3.72. The Kier molecular flexibility index (Phi) is 4.53. The molecule has 0 fully saturated rings. The van der Waals surface area contributed by atoms with E-state index in [0.29, 0.717) is 0 Å². The highest BCUT2D eigenvalue weighted by Gasteiger charge is 2.25. The molecule has 0 bridgehead atoms. The van der Waals surface area contributed by atoms with E-state index in [-0.39, 0.29) is 11.1 Å². The van der Waals surface area contributed by atoms with Gasteiger partial charge in [0, 0.05) is 11.1 Å². The van der Waals surface area contributed by atoms with Gasteiger partial charge in [0.05, 0.1) is 0 Å². The second-order valence-corrected chi connectivity index (χ2v) is 8.32. The smallest absolute Gasteiger partial charge is 0.261 e. The first-order valence-corrected chi connectivity index (χ1v) is 7.66. The van der Waals surface area contributed by atoms with Gasteiger partial charge in [-0.2, -0.15) is 0 Å². The fourth-order valence-corrected chi connectivity index (χ4v) is 3.91. The summed E-state index contributed by atoms with van der Waals surface area (Å²) in [6, 6.07) is 10.7. The van der Waals surface area contributed by atoms with Crippen LogP contribution in [0.15, 0.2) is 30.3 Å². The van der Waals surface area contributed by atoms with Crippen LogP contribution in [-0.2, 0) is 0 Å². The third kappa shape index (κ3) is 6.01. The Morgan fingerprint density at radius 1 is 0.765 bits per heavy atom. The standard InChI is InChI=1S/C14H25N2Si/c1-13(2,3)15-17(16-14(4,5)6)12-10-8-7-9-11-12/h7-11,15-16H,1-6H3. The molecule has 1 radical (unpaired) electrons.